The van der Waals surface area contributed by atoms with E-state index < -0.39 is 0 Å². The van der Waals surface area contributed by atoms with Crippen molar-refractivity contribution in [2.24, 2.45) is 0 Å². The third kappa shape index (κ3) is 3.48. The van der Waals surface area contributed by atoms with Gasteiger partial charge in [-0.2, -0.15) is 0 Å². The van der Waals surface area contributed by atoms with Crippen molar-refractivity contribution in [1.29, 1.82) is 0 Å². The molecule has 1 N–H and O–H groups in total. The highest BCUT2D eigenvalue weighted by Gasteiger charge is 2.24. The van der Waals surface area contributed by atoms with Gasteiger partial charge in [-0.15, -0.1) is 0 Å². The van der Waals surface area contributed by atoms with Crippen LogP contribution in [0, 0.1) is 6.92 Å². The van der Waals surface area contributed by atoms with E-state index in [1.54, 1.807) is 0 Å². The molecule has 6 heteroatoms. The molecule has 1 aromatic heterocycles. The number of benzene rings is 2. The molecule has 138 valence electrons. The summed E-state index contributed by atoms with van der Waals surface area (Å²) in [5, 5.41) is 0.589. The Kier molecular flexibility index (Phi) is 4.49. The molecule has 3 aromatic rings. The highest BCUT2D eigenvalue weighted by molar-refractivity contribution is 5.96. The predicted octanol–water partition coefficient (Wildman–Crippen LogP) is 2.25. The Hall–Kier alpha value is -2.99. The molecule has 0 saturated heterocycles. The number of aromatic nitrogens is 2. The van der Waals surface area contributed by atoms with Gasteiger partial charge in [-0.05, 0) is 44.2 Å². The number of H-pyrrole nitrogens is 1. The van der Waals surface area contributed by atoms with Crippen LogP contribution in [0.1, 0.15) is 17.0 Å². The largest absolute Gasteiger partial charge is 0.311 e. The first kappa shape index (κ1) is 17.4. The molecular weight excluding hydrogens is 340 g/mol. The monoisotopic (exact) mass is 362 g/mol. The number of fused-ring (bicyclic) bond motifs is 2. The lowest BCUT2D eigenvalue weighted by molar-refractivity contribution is -0.119. The first-order valence-electron chi connectivity index (χ1n) is 9.07. The minimum atomic E-state index is -0.146. The van der Waals surface area contributed by atoms with Crippen LogP contribution in [0.25, 0.3) is 10.9 Å². The second-order valence-electron chi connectivity index (χ2n) is 7.13. The number of nitrogens with one attached hydrogen (secondary N) is 1. The third-order valence-corrected chi connectivity index (χ3v) is 4.92. The van der Waals surface area contributed by atoms with Crippen molar-refractivity contribution in [3.63, 3.8) is 0 Å². The van der Waals surface area contributed by atoms with Gasteiger partial charge in [0.25, 0.3) is 5.56 Å². The van der Waals surface area contributed by atoms with Crippen molar-refractivity contribution in [3.05, 3.63) is 69.8 Å². The van der Waals surface area contributed by atoms with Gasteiger partial charge in [0.05, 0.1) is 24.0 Å². The first-order valence-corrected chi connectivity index (χ1v) is 9.07. The second-order valence-corrected chi connectivity index (χ2v) is 7.13. The standard InChI is InChI=1S/C21H22N4O2/c1-14-7-8-17-16(11-14)21(27)23-19(22-17)12-24(2)13-20(26)25-10-9-15-5-3-4-6-18(15)25/h3-8,11H,9-10,12-13H2,1-2H3,(H,22,23,27). The van der Waals surface area contributed by atoms with Crippen LogP contribution in [0.3, 0.4) is 0 Å². The Labute approximate surface area is 157 Å². The van der Waals surface area contributed by atoms with Gasteiger partial charge in [-0.1, -0.05) is 29.8 Å². The van der Waals surface area contributed by atoms with Crippen LogP contribution in [0.15, 0.2) is 47.3 Å². The minimum Gasteiger partial charge on any atom is -0.311 e. The molecule has 6 nitrogen and oxygen atoms in total. The first-order chi connectivity index (χ1) is 13.0. The number of aromatic amines is 1. The van der Waals surface area contributed by atoms with Gasteiger partial charge >= 0.3 is 0 Å². The number of hydrogen-bond donors (Lipinski definition) is 1. The molecule has 2 heterocycles. The number of carbonyl (C=O) groups excluding carboxylic acids is 1. The molecule has 27 heavy (non-hydrogen) atoms. The van der Waals surface area contributed by atoms with Gasteiger partial charge < -0.3 is 9.88 Å². The summed E-state index contributed by atoms with van der Waals surface area (Å²) in [6, 6.07) is 13.7. The number of likely N-dealkylation sites (N-methyl/N-ethyl adjacent to an activating group) is 1. The van der Waals surface area contributed by atoms with Crippen LogP contribution in [-0.2, 0) is 17.8 Å². The summed E-state index contributed by atoms with van der Waals surface area (Å²) in [7, 11) is 1.86. The number of para-hydroxylation sites is 1. The zero-order valence-electron chi connectivity index (χ0n) is 15.5. The van der Waals surface area contributed by atoms with Gasteiger partial charge in [-0.3, -0.25) is 14.5 Å². The van der Waals surface area contributed by atoms with E-state index in [9.17, 15) is 9.59 Å². The number of amides is 1. The zero-order valence-corrected chi connectivity index (χ0v) is 15.5. The van der Waals surface area contributed by atoms with Crippen LogP contribution in [0.4, 0.5) is 5.69 Å². The Morgan fingerprint density at radius 1 is 1.26 bits per heavy atom. The van der Waals surface area contributed by atoms with Gasteiger partial charge in [-0.25, -0.2) is 4.98 Å². The topological polar surface area (TPSA) is 69.3 Å². The van der Waals surface area contributed by atoms with Crippen molar-refractivity contribution < 1.29 is 4.79 Å². The van der Waals surface area contributed by atoms with E-state index in [4.69, 9.17) is 0 Å². The van der Waals surface area contributed by atoms with Crippen molar-refractivity contribution >= 4 is 22.5 Å². The highest BCUT2D eigenvalue weighted by atomic mass is 16.2. The van der Waals surface area contributed by atoms with Gasteiger partial charge in [0.2, 0.25) is 5.91 Å². The Balaban J connectivity index is 1.48. The van der Waals surface area contributed by atoms with E-state index >= 15 is 0 Å². The lowest BCUT2D eigenvalue weighted by Crippen LogP contribution is -2.38. The maximum Gasteiger partial charge on any atom is 0.258 e. The third-order valence-electron chi connectivity index (χ3n) is 4.92. The number of hydrogen-bond acceptors (Lipinski definition) is 4. The molecule has 0 unspecified atom stereocenters. The molecule has 0 fully saturated rings. The number of nitrogens with zero attached hydrogens (tertiary/aromatic N) is 3. The smallest absolute Gasteiger partial charge is 0.258 e. The van der Waals surface area contributed by atoms with Crippen molar-refractivity contribution in [2.45, 2.75) is 19.9 Å². The summed E-state index contributed by atoms with van der Waals surface area (Å²) in [4.78, 5) is 36.1. The number of aryl methyl sites for hydroxylation is 1. The fourth-order valence-corrected chi connectivity index (χ4v) is 3.60. The molecule has 0 atom stereocenters. The summed E-state index contributed by atoms with van der Waals surface area (Å²) in [6.45, 7) is 3.34. The molecule has 0 bridgehead atoms. The van der Waals surface area contributed by atoms with E-state index in [1.807, 2.05) is 60.2 Å². The fourth-order valence-electron chi connectivity index (χ4n) is 3.60. The lowest BCUT2D eigenvalue weighted by atomic mass is 10.2. The summed E-state index contributed by atoms with van der Waals surface area (Å²) < 4.78 is 0. The normalized spacial score (nSPS) is 13.4. The van der Waals surface area contributed by atoms with E-state index in [0.29, 0.717) is 23.3 Å². The van der Waals surface area contributed by atoms with Crippen LogP contribution in [0.5, 0.6) is 0 Å². The van der Waals surface area contributed by atoms with Crippen molar-refractivity contribution in [2.75, 3.05) is 25.0 Å². The summed E-state index contributed by atoms with van der Waals surface area (Å²) in [5.41, 5.74) is 3.77. The molecule has 1 amide bonds. The number of carbonyl (C=O) groups is 1. The van der Waals surface area contributed by atoms with Gasteiger partial charge in [0, 0.05) is 12.2 Å². The molecule has 0 spiro atoms. The average molecular weight is 362 g/mol. The molecule has 4 rings (SSSR count). The van der Waals surface area contributed by atoms with Crippen LogP contribution < -0.4 is 10.5 Å². The summed E-state index contributed by atoms with van der Waals surface area (Å²) in [6.07, 6.45) is 0.893. The lowest BCUT2D eigenvalue weighted by Gasteiger charge is -2.21. The summed E-state index contributed by atoms with van der Waals surface area (Å²) >= 11 is 0. The molecule has 0 radical (unpaired) electrons. The fraction of sp³-hybridized carbons (Fsp3) is 0.286. The van der Waals surface area contributed by atoms with E-state index in [2.05, 4.69) is 16.0 Å². The average Bonchev–Trinajstić information content (AvgIpc) is 3.06. The van der Waals surface area contributed by atoms with Crippen LogP contribution in [-0.4, -0.2) is 40.9 Å². The minimum absolute atomic E-state index is 0.0567. The molecule has 0 saturated carbocycles. The Bertz CT molecular complexity index is 1070. The number of anilines is 1. The predicted molar refractivity (Wildman–Crippen MR) is 106 cm³/mol. The van der Waals surface area contributed by atoms with Crippen LogP contribution >= 0.6 is 0 Å². The quantitative estimate of drug-likeness (QED) is 0.773. The number of rotatable bonds is 4. The maximum absolute atomic E-state index is 12.7. The highest BCUT2D eigenvalue weighted by Crippen LogP contribution is 2.27. The van der Waals surface area contributed by atoms with Crippen molar-refractivity contribution in [3.8, 4) is 0 Å². The molecule has 2 aromatic carbocycles. The SMILES string of the molecule is Cc1ccc2nc(CN(C)CC(=O)N3CCc4ccccc43)[nH]c(=O)c2c1. The maximum atomic E-state index is 12.7. The van der Waals surface area contributed by atoms with E-state index in [-0.39, 0.29) is 18.0 Å². The Morgan fingerprint density at radius 2 is 2.07 bits per heavy atom. The zero-order chi connectivity index (χ0) is 19.0. The van der Waals surface area contributed by atoms with Gasteiger partial charge in [0.1, 0.15) is 5.82 Å². The second kappa shape index (κ2) is 6.96. The molecule has 1 aliphatic heterocycles. The van der Waals surface area contributed by atoms with Crippen molar-refractivity contribution in [1.82, 2.24) is 14.9 Å². The van der Waals surface area contributed by atoms with Crippen LogP contribution in [0.2, 0.25) is 0 Å². The molecule has 0 aliphatic carbocycles. The van der Waals surface area contributed by atoms with E-state index in [1.165, 1.54) is 5.56 Å². The summed E-state index contributed by atoms with van der Waals surface area (Å²) in [5.74, 6) is 0.620. The Morgan fingerprint density at radius 3 is 2.93 bits per heavy atom. The molecule has 1 aliphatic rings. The molecular formula is C21H22N4O2. The van der Waals surface area contributed by atoms with Gasteiger partial charge in [0.15, 0.2) is 0 Å². The van der Waals surface area contributed by atoms with E-state index in [0.717, 1.165) is 24.2 Å².